The number of hydrogen-bond acceptors (Lipinski definition) is 3. The Bertz CT molecular complexity index is 542. The van der Waals surface area contributed by atoms with Crippen LogP contribution in [0.5, 0.6) is 0 Å². The second kappa shape index (κ2) is 4.53. The summed E-state index contributed by atoms with van der Waals surface area (Å²) in [5.41, 5.74) is 2.13. The van der Waals surface area contributed by atoms with E-state index in [9.17, 15) is 4.79 Å². The highest BCUT2D eigenvalue weighted by atomic mass is 16.2. The molecule has 0 bridgehead atoms. The molecular formula is C12H16N4O. The van der Waals surface area contributed by atoms with E-state index in [0.717, 1.165) is 5.69 Å². The SMILES string of the molecule is CCN(CC)C(=O)c1ccnc2cc(C)nn12. The van der Waals surface area contributed by atoms with Gasteiger partial charge in [-0.3, -0.25) is 4.79 Å². The van der Waals surface area contributed by atoms with Crippen LogP contribution >= 0.6 is 0 Å². The number of aryl methyl sites for hydroxylation is 1. The minimum absolute atomic E-state index is 0.00880. The smallest absolute Gasteiger partial charge is 0.272 e. The molecule has 0 aromatic carbocycles. The van der Waals surface area contributed by atoms with Crippen LogP contribution in [-0.2, 0) is 0 Å². The predicted octanol–water partition coefficient (Wildman–Crippen LogP) is 1.52. The van der Waals surface area contributed by atoms with Gasteiger partial charge in [0, 0.05) is 25.4 Å². The number of rotatable bonds is 3. The molecule has 90 valence electrons. The Morgan fingerprint density at radius 1 is 1.41 bits per heavy atom. The van der Waals surface area contributed by atoms with Gasteiger partial charge in [-0.1, -0.05) is 0 Å². The highest BCUT2D eigenvalue weighted by Crippen LogP contribution is 2.09. The summed E-state index contributed by atoms with van der Waals surface area (Å²) in [6, 6.07) is 3.57. The molecule has 0 N–H and O–H groups in total. The quantitative estimate of drug-likeness (QED) is 0.806. The van der Waals surface area contributed by atoms with Crippen molar-refractivity contribution in [2.45, 2.75) is 20.8 Å². The molecule has 0 saturated carbocycles. The predicted molar refractivity (Wildman–Crippen MR) is 65.0 cm³/mol. The summed E-state index contributed by atoms with van der Waals surface area (Å²) in [5, 5.41) is 4.29. The standard InChI is InChI=1S/C12H16N4O/c1-4-15(5-2)12(17)10-6-7-13-11-8-9(3)14-16(10)11/h6-8H,4-5H2,1-3H3. The number of nitrogens with zero attached hydrogens (tertiary/aromatic N) is 4. The molecule has 5 heteroatoms. The van der Waals surface area contributed by atoms with E-state index in [-0.39, 0.29) is 5.91 Å². The van der Waals surface area contributed by atoms with Crippen molar-refractivity contribution in [3.8, 4) is 0 Å². The average Bonchev–Trinajstić information content (AvgIpc) is 2.70. The van der Waals surface area contributed by atoms with Crippen molar-refractivity contribution in [2.24, 2.45) is 0 Å². The van der Waals surface area contributed by atoms with E-state index in [1.807, 2.05) is 26.8 Å². The van der Waals surface area contributed by atoms with Crippen molar-refractivity contribution in [3.05, 3.63) is 29.7 Å². The molecule has 2 heterocycles. The van der Waals surface area contributed by atoms with Crippen LogP contribution in [0.25, 0.3) is 5.65 Å². The van der Waals surface area contributed by atoms with E-state index in [2.05, 4.69) is 10.1 Å². The minimum Gasteiger partial charge on any atom is -0.338 e. The highest BCUT2D eigenvalue weighted by Gasteiger charge is 2.16. The number of hydrogen-bond donors (Lipinski definition) is 0. The van der Waals surface area contributed by atoms with Gasteiger partial charge >= 0.3 is 0 Å². The van der Waals surface area contributed by atoms with Gasteiger partial charge in [0.25, 0.3) is 5.91 Å². The van der Waals surface area contributed by atoms with E-state index in [4.69, 9.17) is 0 Å². The van der Waals surface area contributed by atoms with E-state index in [1.54, 1.807) is 21.7 Å². The van der Waals surface area contributed by atoms with Gasteiger partial charge in [-0.25, -0.2) is 9.50 Å². The molecule has 17 heavy (non-hydrogen) atoms. The van der Waals surface area contributed by atoms with Crippen molar-refractivity contribution in [1.82, 2.24) is 19.5 Å². The van der Waals surface area contributed by atoms with Crippen molar-refractivity contribution in [3.63, 3.8) is 0 Å². The van der Waals surface area contributed by atoms with Crippen LogP contribution in [-0.4, -0.2) is 38.5 Å². The molecule has 0 unspecified atom stereocenters. The zero-order valence-electron chi connectivity index (χ0n) is 10.3. The lowest BCUT2D eigenvalue weighted by molar-refractivity contribution is 0.0764. The number of fused-ring (bicyclic) bond motifs is 1. The maximum absolute atomic E-state index is 12.3. The Morgan fingerprint density at radius 2 is 2.12 bits per heavy atom. The molecule has 0 atom stereocenters. The number of aromatic nitrogens is 3. The van der Waals surface area contributed by atoms with Crippen molar-refractivity contribution in [1.29, 1.82) is 0 Å². The molecule has 1 amide bonds. The maximum atomic E-state index is 12.3. The molecule has 0 fully saturated rings. The molecule has 0 spiro atoms. The van der Waals surface area contributed by atoms with E-state index in [1.165, 1.54) is 0 Å². The molecule has 5 nitrogen and oxygen atoms in total. The zero-order chi connectivity index (χ0) is 12.4. The summed E-state index contributed by atoms with van der Waals surface area (Å²) in [7, 11) is 0. The minimum atomic E-state index is -0.00880. The molecule has 2 rings (SSSR count). The Labute approximate surface area is 100 Å². The zero-order valence-corrected chi connectivity index (χ0v) is 10.3. The Hall–Kier alpha value is -1.91. The topological polar surface area (TPSA) is 50.5 Å². The second-order valence-corrected chi connectivity index (χ2v) is 3.86. The highest BCUT2D eigenvalue weighted by molar-refractivity contribution is 5.93. The third kappa shape index (κ3) is 2.00. The van der Waals surface area contributed by atoms with Gasteiger partial charge in [-0.05, 0) is 26.8 Å². The van der Waals surface area contributed by atoms with E-state index >= 15 is 0 Å². The van der Waals surface area contributed by atoms with Crippen LogP contribution in [0.4, 0.5) is 0 Å². The molecule has 0 aliphatic rings. The molecule has 2 aromatic rings. The van der Waals surface area contributed by atoms with Gasteiger partial charge in [0.05, 0.1) is 5.69 Å². The Kier molecular flexibility index (Phi) is 3.08. The third-order valence-corrected chi connectivity index (χ3v) is 2.75. The molecule has 0 radical (unpaired) electrons. The van der Waals surface area contributed by atoms with Crippen LogP contribution in [0.1, 0.15) is 30.0 Å². The van der Waals surface area contributed by atoms with Gasteiger partial charge < -0.3 is 4.90 Å². The summed E-state index contributed by atoms with van der Waals surface area (Å²) >= 11 is 0. The molecule has 2 aromatic heterocycles. The van der Waals surface area contributed by atoms with Crippen molar-refractivity contribution in [2.75, 3.05) is 13.1 Å². The largest absolute Gasteiger partial charge is 0.338 e. The lowest BCUT2D eigenvalue weighted by Gasteiger charge is -2.18. The summed E-state index contributed by atoms with van der Waals surface area (Å²) < 4.78 is 1.61. The fourth-order valence-electron chi connectivity index (χ4n) is 1.84. The average molecular weight is 232 g/mol. The first-order chi connectivity index (χ1) is 8.17. The second-order valence-electron chi connectivity index (χ2n) is 3.86. The lowest BCUT2D eigenvalue weighted by Crippen LogP contribution is -2.32. The van der Waals surface area contributed by atoms with Gasteiger partial charge in [0.15, 0.2) is 5.65 Å². The van der Waals surface area contributed by atoms with Gasteiger partial charge in [0.1, 0.15) is 5.69 Å². The van der Waals surface area contributed by atoms with E-state index in [0.29, 0.717) is 24.4 Å². The van der Waals surface area contributed by atoms with Crippen molar-refractivity contribution >= 4 is 11.6 Å². The summed E-state index contributed by atoms with van der Waals surface area (Å²) in [4.78, 5) is 18.2. The number of carbonyl (C=O) groups excluding carboxylic acids is 1. The molecule has 0 aliphatic heterocycles. The summed E-state index contributed by atoms with van der Waals surface area (Å²) in [5.74, 6) is -0.00880. The monoisotopic (exact) mass is 232 g/mol. The van der Waals surface area contributed by atoms with Gasteiger partial charge in [-0.15, -0.1) is 0 Å². The van der Waals surface area contributed by atoms with E-state index < -0.39 is 0 Å². The van der Waals surface area contributed by atoms with Crippen LogP contribution in [0.15, 0.2) is 18.3 Å². The number of amides is 1. The van der Waals surface area contributed by atoms with Crippen LogP contribution in [0, 0.1) is 6.92 Å². The molecular weight excluding hydrogens is 216 g/mol. The molecule has 0 aliphatic carbocycles. The van der Waals surface area contributed by atoms with Crippen LogP contribution in [0.2, 0.25) is 0 Å². The van der Waals surface area contributed by atoms with Crippen molar-refractivity contribution < 1.29 is 4.79 Å². The summed E-state index contributed by atoms with van der Waals surface area (Å²) in [6.45, 7) is 7.21. The molecule has 0 saturated heterocycles. The third-order valence-electron chi connectivity index (χ3n) is 2.75. The van der Waals surface area contributed by atoms with Crippen LogP contribution in [0.3, 0.4) is 0 Å². The Balaban J connectivity index is 2.51. The first-order valence-corrected chi connectivity index (χ1v) is 5.78. The number of carbonyl (C=O) groups is 1. The maximum Gasteiger partial charge on any atom is 0.272 e. The first kappa shape index (κ1) is 11.6. The summed E-state index contributed by atoms with van der Waals surface area (Å²) in [6.07, 6.45) is 1.65. The van der Waals surface area contributed by atoms with Gasteiger partial charge in [-0.2, -0.15) is 5.10 Å². The van der Waals surface area contributed by atoms with Gasteiger partial charge in [0.2, 0.25) is 0 Å². The normalized spacial score (nSPS) is 10.8. The Morgan fingerprint density at radius 3 is 2.76 bits per heavy atom. The fraction of sp³-hybridized carbons (Fsp3) is 0.417. The van der Waals surface area contributed by atoms with Crippen LogP contribution < -0.4 is 0 Å². The lowest BCUT2D eigenvalue weighted by atomic mass is 10.3. The first-order valence-electron chi connectivity index (χ1n) is 5.78. The fourth-order valence-corrected chi connectivity index (χ4v) is 1.84.